The Bertz CT molecular complexity index is 873. The molecule has 0 radical (unpaired) electrons. The lowest BCUT2D eigenvalue weighted by molar-refractivity contribution is -0.129. The van der Waals surface area contributed by atoms with Crippen molar-refractivity contribution in [2.75, 3.05) is 6.79 Å². The third-order valence-electron chi connectivity index (χ3n) is 3.42. The molecule has 0 aliphatic carbocycles. The van der Waals surface area contributed by atoms with Crippen molar-refractivity contribution in [2.45, 2.75) is 0 Å². The Balaban J connectivity index is 1.69. The summed E-state index contributed by atoms with van der Waals surface area (Å²) >= 11 is 6.10. The van der Waals surface area contributed by atoms with Crippen LogP contribution in [0.3, 0.4) is 0 Å². The lowest BCUT2D eigenvalue weighted by Crippen LogP contribution is -2.05. The number of fused-ring (bicyclic) bond motifs is 1. The summed E-state index contributed by atoms with van der Waals surface area (Å²) in [6, 6.07) is 12.4. The van der Waals surface area contributed by atoms with Gasteiger partial charge in [0.15, 0.2) is 17.2 Å². The van der Waals surface area contributed by atoms with Crippen molar-refractivity contribution < 1.29 is 19.0 Å². The van der Waals surface area contributed by atoms with E-state index in [-0.39, 0.29) is 18.4 Å². The lowest BCUT2D eigenvalue weighted by Gasteiger charge is -2.00. The van der Waals surface area contributed by atoms with Crippen LogP contribution in [0.2, 0.25) is 5.02 Å². The van der Waals surface area contributed by atoms with E-state index >= 15 is 0 Å². The van der Waals surface area contributed by atoms with Gasteiger partial charge in [0.05, 0.1) is 10.6 Å². The van der Waals surface area contributed by atoms with Gasteiger partial charge in [0.2, 0.25) is 12.7 Å². The summed E-state index contributed by atoms with van der Waals surface area (Å²) in [6.45, 7) is 0.201. The van der Waals surface area contributed by atoms with Crippen LogP contribution in [0, 0.1) is 0 Å². The Morgan fingerprint density at radius 1 is 1.09 bits per heavy atom. The van der Waals surface area contributed by atoms with Crippen LogP contribution in [-0.2, 0) is 9.53 Å². The number of carbonyl (C=O) groups excluding carboxylic acids is 1. The molecule has 0 saturated carbocycles. The van der Waals surface area contributed by atoms with Crippen LogP contribution in [0.5, 0.6) is 11.5 Å². The lowest BCUT2D eigenvalue weighted by atomic mass is 10.1. The van der Waals surface area contributed by atoms with Crippen molar-refractivity contribution in [1.29, 1.82) is 0 Å². The van der Waals surface area contributed by atoms with Crippen molar-refractivity contribution >= 4 is 29.5 Å². The standard InChI is InChI=1S/C17H10ClNO4/c18-12-4-2-1-3-11(12)16-19-13(17(20)23-16)7-10-5-6-14-15(8-10)22-9-21-14/h1-8H,9H2. The zero-order valence-electron chi connectivity index (χ0n) is 11.8. The van der Waals surface area contributed by atoms with E-state index in [1.165, 1.54) is 0 Å². The summed E-state index contributed by atoms with van der Waals surface area (Å²) < 4.78 is 15.8. The molecular formula is C17H10ClNO4. The maximum absolute atomic E-state index is 12.0. The number of esters is 1. The van der Waals surface area contributed by atoms with Crippen LogP contribution in [-0.4, -0.2) is 18.7 Å². The van der Waals surface area contributed by atoms with Gasteiger partial charge in [-0.15, -0.1) is 0 Å². The molecule has 0 atom stereocenters. The molecule has 0 bridgehead atoms. The second-order valence-electron chi connectivity index (χ2n) is 4.93. The van der Waals surface area contributed by atoms with Gasteiger partial charge in [0.25, 0.3) is 0 Å². The van der Waals surface area contributed by atoms with Crippen molar-refractivity contribution in [3.63, 3.8) is 0 Å². The zero-order valence-corrected chi connectivity index (χ0v) is 12.5. The molecule has 2 aliphatic rings. The fraction of sp³-hybridized carbons (Fsp3) is 0.0588. The molecule has 2 aliphatic heterocycles. The Kier molecular flexibility index (Phi) is 3.28. The number of nitrogens with zero attached hydrogens (tertiary/aromatic N) is 1. The average molecular weight is 328 g/mol. The Morgan fingerprint density at radius 2 is 1.91 bits per heavy atom. The Labute approximate surface area is 136 Å². The third-order valence-corrected chi connectivity index (χ3v) is 3.75. The number of hydrogen-bond donors (Lipinski definition) is 0. The van der Waals surface area contributed by atoms with E-state index in [2.05, 4.69) is 4.99 Å². The highest BCUT2D eigenvalue weighted by Crippen LogP contribution is 2.33. The maximum Gasteiger partial charge on any atom is 0.363 e. The zero-order chi connectivity index (χ0) is 15.8. The molecule has 0 fully saturated rings. The highest BCUT2D eigenvalue weighted by Gasteiger charge is 2.25. The van der Waals surface area contributed by atoms with Crippen LogP contribution in [0.1, 0.15) is 11.1 Å². The Morgan fingerprint density at radius 3 is 2.78 bits per heavy atom. The molecule has 6 heteroatoms. The first-order valence-corrected chi connectivity index (χ1v) is 7.25. The number of halogens is 1. The van der Waals surface area contributed by atoms with Gasteiger partial charge < -0.3 is 14.2 Å². The minimum atomic E-state index is -0.516. The van der Waals surface area contributed by atoms with E-state index in [9.17, 15) is 4.79 Å². The molecule has 4 rings (SSSR count). The monoisotopic (exact) mass is 327 g/mol. The van der Waals surface area contributed by atoms with E-state index in [4.69, 9.17) is 25.8 Å². The van der Waals surface area contributed by atoms with Crippen LogP contribution in [0.4, 0.5) is 0 Å². The molecule has 23 heavy (non-hydrogen) atoms. The van der Waals surface area contributed by atoms with Gasteiger partial charge in [-0.25, -0.2) is 9.79 Å². The molecule has 0 spiro atoms. The molecule has 0 aromatic heterocycles. The fourth-order valence-electron chi connectivity index (χ4n) is 2.32. The number of rotatable bonds is 2. The van der Waals surface area contributed by atoms with E-state index in [1.54, 1.807) is 42.5 Å². The number of cyclic esters (lactones) is 1. The molecule has 0 N–H and O–H groups in total. The predicted molar refractivity (Wildman–Crippen MR) is 84.6 cm³/mol. The van der Waals surface area contributed by atoms with E-state index in [1.807, 2.05) is 6.07 Å². The van der Waals surface area contributed by atoms with E-state index in [0.717, 1.165) is 5.56 Å². The quantitative estimate of drug-likeness (QED) is 0.626. The normalized spacial score (nSPS) is 17.3. The predicted octanol–water partition coefficient (Wildman–Crippen LogP) is 3.41. The van der Waals surface area contributed by atoms with Crippen molar-refractivity contribution in [3.8, 4) is 11.5 Å². The summed E-state index contributed by atoms with van der Waals surface area (Å²) in [5.41, 5.74) is 1.56. The molecule has 2 aromatic carbocycles. The van der Waals surface area contributed by atoms with E-state index in [0.29, 0.717) is 22.1 Å². The van der Waals surface area contributed by atoms with Gasteiger partial charge in [-0.3, -0.25) is 0 Å². The van der Waals surface area contributed by atoms with Gasteiger partial charge in [-0.1, -0.05) is 29.8 Å². The fourth-order valence-corrected chi connectivity index (χ4v) is 2.54. The summed E-state index contributed by atoms with van der Waals surface area (Å²) in [6.07, 6.45) is 1.63. The van der Waals surface area contributed by atoms with Gasteiger partial charge in [-0.05, 0) is 35.9 Å². The average Bonchev–Trinajstić information content (AvgIpc) is 3.14. The van der Waals surface area contributed by atoms with Crippen LogP contribution in [0.15, 0.2) is 53.2 Å². The number of aliphatic imine (C=N–C) groups is 1. The van der Waals surface area contributed by atoms with Gasteiger partial charge in [0.1, 0.15) is 0 Å². The second kappa shape index (κ2) is 5.44. The number of carbonyl (C=O) groups is 1. The molecule has 5 nitrogen and oxygen atoms in total. The number of benzene rings is 2. The minimum Gasteiger partial charge on any atom is -0.454 e. The molecule has 0 saturated heterocycles. The molecule has 114 valence electrons. The summed E-state index contributed by atoms with van der Waals surface area (Å²) in [5.74, 6) is 1.01. The first-order chi connectivity index (χ1) is 11.2. The largest absolute Gasteiger partial charge is 0.454 e. The molecule has 0 unspecified atom stereocenters. The van der Waals surface area contributed by atoms with Gasteiger partial charge >= 0.3 is 5.97 Å². The summed E-state index contributed by atoms with van der Waals surface area (Å²) in [7, 11) is 0. The minimum absolute atomic E-state index is 0.201. The third kappa shape index (κ3) is 2.55. The summed E-state index contributed by atoms with van der Waals surface area (Å²) in [4.78, 5) is 16.2. The smallest absolute Gasteiger partial charge is 0.363 e. The second-order valence-corrected chi connectivity index (χ2v) is 5.34. The Hall–Kier alpha value is -2.79. The van der Waals surface area contributed by atoms with Crippen LogP contribution < -0.4 is 9.47 Å². The van der Waals surface area contributed by atoms with E-state index < -0.39 is 5.97 Å². The topological polar surface area (TPSA) is 57.1 Å². The van der Waals surface area contributed by atoms with Crippen molar-refractivity contribution in [1.82, 2.24) is 0 Å². The van der Waals surface area contributed by atoms with Crippen molar-refractivity contribution in [3.05, 3.63) is 64.3 Å². The maximum atomic E-state index is 12.0. The first-order valence-electron chi connectivity index (χ1n) is 6.88. The molecule has 2 heterocycles. The first kappa shape index (κ1) is 13.8. The highest BCUT2D eigenvalue weighted by atomic mass is 35.5. The SMILES string of the molecule is O=C1OC(c2ccccc2Cl)=NC1=Cc1ccc2c(c1)OCO2. The number of ether oxygens (including phenoxy) is 3. The molecule has 2 aromatic rings. The molecular weight excluding hydrogens is 318 g/mol. The number of hydrogen-bond acceptors (Lipinski definition) is 5. The van der Waals surface area contributed by atoms with Crippen LogP contribution in [0.25, 0.3) is 6.08 Å². The van der Waals surface area contributed by atoms with Gasteiger partial charge in [-0.2, -0.15) is 0 Å². The van der Waals surface area contributed by atoms with Crippen LogP contribution >= 0.6 is 11.6 Å². The van der Waals surface area contributed by atoms with Gasteiger partial charge in [0, 0.05) is 0 Å². The summed E-state index contributed by atoms with van der Waals surface area (Å²) in [5, 5.41) is 0.475. The van der Waals surface area contributed by atoms with Crippen molar-refractivity contribution in [2.24, 2.45) is 4.99 Å². The molecule has 0 amide bonds. The highest BCUT2D eigenvalue weighted by molar-refractivity contribution is 6.34.